The molecule has 1 aromatic rings. The van der Waals surface area contributed by atoms with Gasteiger partial charge in [0.25, 0.3) is 0 Å². The lowest BCUT2D eigenvalue weighted by atomic mass is 9.78. The van der Waals surface area contributed by atoms with Crippen molar-refractivity contribution in [1.82, 2.24) is 0 Å². The molecule has 0 N–H and O–H groups in total. The normalized spacial score (nSPS) is 14.1. The van der Waals surface area contributed by atoms with Crippen LogP contribution >= 0.6 is 0 Å². The molecular weight excluding hydrogens is 286 g/mol. The zero-order valence-electron chi connectivity index (χ0n) is 16.5. The van der Waals surface area contributed by atoms with Gasteiger partial charge in [0.1, 0.15) is 5.75 Å². The van der Waals surface area contributed by atoms with Crippen molar-refractivity contribution in [2.24, 2.45) is 0 Å². The number of hydrogen-bond acceptors (Lipinski definition) is 2. The van der Waals surface area contributed by atoms with E-state index in [0.717, 1.165) is 27.2 Å². The van der Waals surface area contributed by atoms with E-state index in [1.54, 1.807) is 13.3 Å². The van der Waals surface area contributed by atoms with Gasteiger partial charge in [0, 0.05) is 37.5 Å². The molecule has 0 saturated heterocycles. The maximum Gasteiger partial charge on any atom is 0.182 e. The average Bonchev–Trinajstić information content (AvgIpc) is 2.34. The zero-order valence-corrected chi connectivity index (χ0v) is 16.5. The lowest BCUT2D eigenvalue weighted by molar-refractivity contribution is -0.530. The fraction of sp³-hybridized carbons (Fsp3) is 0.650. The van der Waals surface area contributed by atoms with Gasteiger partial charge in [-0.15, -0.1) is 0 Å². The molecule has 0 aromatic heterocycles. The summed E-state index contributed by atoms with van der Waals surface area (Å²) in [5, 5.41) is 12.3. The molecule has 0 unspecified atom stereocenters. The van der Waals surface area contributed by atoms with Crippen LogP contribution in [0, 0.1) is 5.21 Å². The largest absolute Gasteiger partial charge is 0.623 e. The van der Waals surface area contributed by atoms with Crippen LogP contribution in [-0.4, -0.2) is 23.6 Å². The SMILES string of the molecule is COc1c(C(C)(C)C)cc(C=[N+]([O-])C(C)(C)C)cc1C(C)(C)C. The van der Waals surface area contributed by atoms with E-state index in [2.05, 4.69) is 53.7 Å². The number of methoxy groups -OCH3 is 1. The van der Waals surface area contributed by atoms with Crippen molar-refractivity contribution in [1.29, 1.82) is 0 Å². The summed E-state index contributed by atoms with van der Waals surface area (Å²) in [5.74, 6) is 0.926. The number of rotatable bonds is 2. The molecule has 0 radical (unpaired) electrons. The van der Waals surface area contributed by atoms with Gasteiger partial charge in [-0.25, -0.2) is 4.74 Å². The van der Waals surface area contributed by atoms with E-state index < -0.39 is 5.54 Å². The molecular formula is C20H33NO2. The van der Waals surface area contributed by atoms with Gasteiger partial charge in [-0.1, -0.05) is 41.5 Å². The standard InChI is InChI=1S/C20H33NO2/c1-18(2,3)15-11-14(13-21(22)20(7,8)9)12-16(17(15)23-10)19(4,5)6/h11-13H,1-10H3. The Morgan fingerprint density at radius 2 is 1.26 bits per heavy atom. The Balaban J connectivity index is 3.71. The van der Waals surface area contributed by atoms with E-state index in [1.807, 2.05) is 20.8 Å². The summed E-state index contributed by atoms with van der Waals surface area (Å²) in [7, 11) is 1.72. The van der Waals surface area contributed by atoms with Gasteiger partial charge in [-0.05, 0) is 23.0 Å². The first-order valence-corrected chi connectivity index (χ1v) is 8.22. The van der Waals surface area contributed by atoms with Crippen molar-refractivity contribution in [2.75, 3.05) is 7.11 Å². The summed E-state index contributed by atoms with van der Waals surface area (Å²) < 4.78 is 6.77. The Labute approximate surface area is 142 Å². The topological polar surface area (TPSA) is 35.3 Å². The summed E-state index contributed by atoms with van der Waals surface area (Å²) >= 11 is 0. The number of ether oxygens (including phenoxy) is 1. The summed E-state index contributed by atoms with van der Waals surface area (Å²) in [6.45, 7) is 18.7. The Morgan fingerprint density at radius 3 is 1.52 bits per heavy atom. The lowest BCUT2D eigenvalue weighted by Gasteiger charge is -2.29. The van der Waals surface area contributed by atoms with E-state index in [4.69, 9.17) is 4.74 Å². The molecule has 1 rings (SSSR count). The third-order valence-corrected chi connectivity index (χ3v) is 3.86. The summed E-state index contributed by atoms with van der Waals surface area (Å²) in [6.07, 6.45) is 1.68. The van der Waals surface area contributed by atoms with Crippen LogP contribution in [0.5, 0.6) is 5.75 Å². The number of nitrogens with zero attached hydrogens (tertiary/aromatic N) is 1. The first-order valence-electron chi connectivity index (χ1n) is 8.22. The molecule has 0 aliphatic carbocycles. The second kappa shape index (κ2) is 6.18. The zero-order chi connectivity index (χ0) is 18.2. The minimum absolute atomic E-state index is 0.0648. The first-order chi connectivity index (χ1) is 10.2. The van der Waals surface area contributed by atoms with E-state index in [-0.39, 0.29) is 10.8 Å². The van der Waals surface area contributed by atoms with Crippen molar-refractivity contribution in [3.63, 3.8) is 0 Å². The molecule has 3 heteroatoms. The molecule has 23 heavy (non-hydrogen) atoms. The number of hydroxylamine groups is 1. The molecule has 3 nitrogen and oxygen atoms in total. The average molecular weight is 319 g/mol. The fourth-order valence-corrected chi connectivity index (χ4v) is 2.39. The van der Waals surface area contributed by atoms with Crippen molar-refractivity contribution < 1.29 is 9.48 Å². The highest BCUT2D eigenvalue weighted by molar-refractivity contribution is 5.78. The Kier molecular flexibility index (Phi) is 5.25. The maximum absolute atomic E-state index is 12.3. The molecule has 0 aliphatic rings. The molecule has 0 bridgehead atoms. The minimum Gasteiger partial charge on any atom is -0.623 e. The van der Waals surface area contributed by atoms with Crippen molar-refractivity contribution in [3.8, 4) is 5.75 Å². The van der Waals surface area contributed by atoms with Gasteiger partial charge in [0.05, 0.1) is 7.11 Å². The summed E-state index contributed by atoms with van der Waals surface area (Å²) in [4.78, 5) is 0. The van der Waals surface area contributed by atoms with E-state index >= 15 is 0 Å². The number of benzene rings is 1. The second-order valence-corrected chi connectivity index (χ2v) is 9.27. The van der Waals surface area contributed by atoms with Crippen LogP contribution in [0.2, 0.25) is 0 Å². The highest BCUT2D eigenvalue weighted by Crippen LogP contribution is 2.40. The Hall–Kier alpha value is -1.51. The predicted octanol–water partition coefficient (Wildman–Crippen LogP) is 5.02. The van der Waals surface area contributed by atoms with Crippen LogP contribution < -0.4 is 4.74 Å². The molecule has 0 heterocycles. The van der Waals surface area contributed by atoms with Crippen LogP contribution in [0.4, 0.5) is 0 Å². The molecule has 0 saturated carbocycles. The number of hydrogen-bond donors (Lipinski definition) is 0. The fourth-order valence-electron chi connectivity index (χ4n) is 2.39. The quantitative estimate of drug-likeness (QED) is 0.332. The van der Waals surface area contributed by atoms with E-state index in [0.29, 0.717) is 0 Å². The van der Waals surface area contributed by atoms with Gasteiger partial charge >= 0.3 is 0 Å². The highest BCUT2D eigenvalue weighted by Gasteiger charge is 2.28. The van der Waals surface area contributed by atoms with Crippen molar-refractivity contribution in [2.45, 2.75) is 78.7 Å². The van der Waals surface area contributed by atoms with Crippen LogP contribution in [0.1, 0.15) is 79.0 Å². The van der Waals surface area contributed by atoms with E-state index in [9.17, 15) is 5.21 Å². The Bertz CT molecular complexity index is 559. The summed E-state index contributed by atoms with van der Waals surface area (Å²) in [5.41, 5.74) is 2.59. The molecule has 0 amide bonds. The Morgan fingerprint density at radius 1 is 0.870 bits per heavy atom. The smallest absolute Gasteiger partial charge is 0.182 e. The molecule has 0 spiro atoms. The van der Waals surface area contributed by atoms with Gasteiger partial charge in [-0.2, -0.15) is 0 Å². The van der Waals surface area contributed by atoms with Gasteiger partial charge in [0.15, 0.2) is 11.8 Å². The molecule has 0 aliphatic heterocycles. The maximum atomic E-state index is 12.3. The first kappa shape index (κ1) is 19.5. The van der Waals surface area contributed by atoms with Crippen molar-refractivity contribution in [3.05, 3.63) is 34.0 Å². The molecule has 130 valence electrons. The highest BCUT2D eigenvalue weighted by atomic mass is 16.5. The van der Waals surface area contributed by atoms with Gasteiger partial charge < -0.3 is 9.94 Å². The predicted molar refractivity (Wildman–Crippen MR) is 98.9 cm³/mol. The third-order valence-electron chi connectivity index (χ3n) is 3.86. The van der Waals surface area contributed by atoms with Gasteiger partial charge in [-0.3, -0.25) is 0 Å². The lowest BCUT2D eigenvalue weighted by Crippen LogP contribution is -2.29. The van der Waals surface area contributed by atoms with Crippen LogP contribution in [0.3, 0.4) is 0 Å². The second-order valence-electron chi connectivity index (χ2n) is 9.27. The van der Waals surface area contributed by atoms with Gasteiger partial charge in [0.2, 0.25) is 0 Å². The molecule has 0 atom stereocenters. The van der Waals surface area contributed by atoms with Crippen LogP contribution in [-0.2, 0) is 10.8 Å². The summed E-state index contributed by atoms with van der Waals surface area (Å²) in [6, 6.07) is 4.15. The van der Waals surface area contributed by atoms with E-state index in [1.165, 1.54) is 0 Å². The van der Waals surface area contributed by atoms with Crippen molar-refractivity contribution >= 4 is 6.21 Å². The molecule has 0 fully saturated rings. The third kappa shape index (κ3) is 4.73. The monoisotopic (exact) mass is 319 g/mol. The molecule has 1 aromatic carbocycles. The van der Waals surface area contributed by atoms with Crippen LogP contribution in [0.25, 0.3) is 0 Å². The minimum atomic E-state index is -0.455. The van der Waals surface area contributed by atoms with Crippen LogP contribution in [0.15, 0.2) is 12.1 Å².